The van der Waals surface area contributed by atoms with E-state index in [9.17, 15) is 0 Å². The van der Waals surface area contributed by atoms with E-state index < -0.39 is 0 Å². The molecule has 2 nitrogen and oxygen atoms in total. The second kappa shape index (κ2) is 14.4. The fourth-order valence-electron chi connectivity index (χ4n) is 10.2. The summed E-state index contributed by atoms with van der Waals surface area (Å²) in [6.07, 6.45) is 0. The van der Waals surface area contributed by atoms with Crippen molar-refractivity contribution in [2.75, 3.05) is 4.90 Å². The van der Waals surface area contributed by atoms with Gasteiger partial charge in [-0.3, -0.25) is 0 Å². The predicted octanol–water partition coefficient (Wildman–Crippen LogP) is 16.5. The molecule has 1 aliphatic rings. The van der Waals surface area contributed by atoms with Crippen molar-refractivity contribution in [3.05, 3.63) is 247 Å². The number of fused-ring (bicyclic) bond motifs is 7. The second-order valence-electron chi connectivity index (χ2n) is 16.5. The van der Waals surface area contributed by atoms with Crippen molar-refractivity contribution in [1.29, 1.82) is 0 Å². The molecule has 62 heavy (non-hydrogen) atoms. The number of benzene rings is 10. The summed E-state index contributed by atoms with van der Waals surface area (Å²) in [5.41, 5.74) is 18.3. The topological polar surface area (TPSA) is 16.4 Å². The summed E-state index contributed by atoms with van der Waals surface area (Å²) in [5.74, 6) is 0. The summed E-state index contributed by atoms with van der Waals surface area (Å²) in [4.78, 5) is 2.50. The Morgan fingerprint density at radius 3 is 1.81 bits per heavy atom. The lowest BCUT2D eigenvalue weighted by Crippen LogP contribution is -2.22. The van der Waals surface area contributed by atoms with Crippen LogP contribution >= 0.6 is 0 Å². The Hall–Kier alpha value is -7.94. The zero-order valence-electron chi connectivity index (χ0n) is 34.3. The van der Waals surface area contributed by atoms with Crippen LogP contribution < -0.4 is 4.90 Å². The molecule has 0 radical (unpaired) electrons. The van der Waals surface area contributed by atoms with E-state index in [1.165, 1.54) is 55.3 Å². The summed E-state index contributed by atoms with van der Waals surface area (Å²) in [6.45, 7) is 2.39. The number of rotatable bonds is 7. The van der Waals surface area contributed by atoms with Gasteiger partial charge in [0.1, 0.15) is 11.2 Å². The van der Waals surface area contributed by atoms with Crippen LogP contribution in [0, 0.1) is 0 Å². The highest BCUT2D eigenvalue weighted by atomic mass is 16.3. The quantitative estimate of drug-likeness (QED) is 0.160. The van der Waals surface area contributed by atoms with E-state index in [0.717, 1.165) is 55.7 Å². The molecule has 0 spiro atoms. The molecule has 0 amide bonds. The third-order valence-electron chi connectivity index (χ3n) is 13.2. The summed E-state index contributed by atoms with van der Waals surface area (Å²) in [5, 5.41) is 4.72. The summed E-state index contributed by atoms with van der Waals surface area (Å²) >= 11 is 0. The van der Waals surface area contributed by atoms with Crippen molar-refractivity contribution in [2.24, 2.45) is 0 Å². The van der Waals surface area contributed by atoms with Gasteiger partial charge in [0.05, 0.1) is 11.4 Å². The molecule has 1 aromatic heterocycles. The fraction of sp³-hybridized carbons (Fsp3) is 0.0333. The van der Waals surface area contributed by atoms with Crippen molar-refractivity contribution in [3.8, 4) is 44.5 Å². The van der Waals surface area contributed by atoms with Crippen molar-refractivity contribution in [3.63, 3.8) is 0 Å². The maximum Gasteiger partial charge on any atom is 0.135 e. The maximum atomic E-state index is 6.20. The first-order valence-electron chi connectivity index (χ1n) is 21.4. The molecule has 10 aromatic carbocycles. The lowest BCUT2D eigenvalue weighted by Gasteiger charge is -2.32. The van der Waals surface area contributed by atoms with Gasteiger partial charge in [0, 0.05) is 33.0 Å². The van der Waals surface area contributed by atoms with Crippen LogP contribution in [0.15, 0.2) is 235 Å². The molecule has 2 heteroatoms. The molecule has 1 atom stereocenters. The van der Waals surface area contributed by atoms with E-state index in [0.29, 0.717) is 0 Å². The average Bonchev–Trinajstić information content (AvgIpc) is 3.85. The average molecular weight is 792 g/mol. The van der Waals surface area contributed by atoms with Gasteiger partial charge in [-0.15, -0.1) is 0 Å². The fourth-order valence-corrected chi connectivity index (χ4v) is 10.2. The van der Waals surface area contributed by atoms with Gasteiger partial charge in [0.25, 0.3) is 0 Å². The minimum Gasteiger partial charge on any atom is -0.456 e. The summed E-state index contributed by atoms with van der Waals surface area (Å²) in [7, 11) is 0. The first-order valence-corrected chi connectivity index (χ1v) is 21.4. The highest BCUT2D eigenvalue weighted by molar-refractivity contribution is 6.10. The van der Waals surface area contributed by atoms with Crippen molar-refractivity contribution >= 4 is 49.8 Å². The second-order valence-corrected chi connectivity index (χ2v) is 16.5. The normalized spacial score (nSPS) is 14.3. The molecular weight excluding hydrogens is 751 g/mol. The van der Waals surface area contributed by atoms with Gasteiger partial charge in [-0.1, -0.05) is 188 Å². The monoisotopic (exact) mass is 791 g/mol. The zero-order valence-corrected chi connectivity index (χ0v) is 34.3. The molecule has 0 saturated heterocycles. The lowest BCUT2D eigenvalue weighted by molar-refractivity contribution is 0.669. The van der Waals surface area contributed by atoms with Gasteiger partial charge < -0.3 is 9.32 Å². The minimum absolute atomic E-state index is 0.339. The molecular formula is C60H41NO. The van der Waals surface area contributed by atoms with Gasteiger partial charge >= 0.3 is 0 Å². The van der Waals surface area contributed by atoms with Gasteiger partial charge in [-0.2, -0.15) is 0 Å². The van der Waals surface area contributed by atoms with E-state index in [1.54, 1.807) is 0 Å². The smallest absolute Gasteiger partial charge is 0.135 e. The van der Waals surface area contributed by atoms with E-state index in [2.05, 4.69) is 230 Å². The molecule has 1 heterocycles. The minimum atomic E-state index is -0.339. The Bertz CT molecular complexity index is 3470. The molecule has 1 aliphatic carbocycles. The van der Waals surface area contributed by atoms with Crippen molar-refractivity contribution in [2.45, 2.75) is 12.3 Å². The van der Waals surface area contributed by atoms with E-state index in [1.807, 2.05) is 12.1 Å². The van der Waals surface area contributed by atoms with Crippen molar-refractivity contribution < 1.29 is 4.42 Å². The third-order valence-corrected chi connectivity index (χ3v) is 13.2. The van der Waals surface area contributed by atoms with Crippen LogP contribution in [0.25, 0.3) is 77.2 Å². The van der Waals surface area contributed by atoms with Gasteiger partial charge in [-0.05, 0) is 110 Å². The Balaban J connectivity index is 1.10. The molecule has 11 aromatic rings. The Kier molecular flexibility index (Phi) is 8.33. The van der Waals surface area contributed by atoms with E-state index in [-0.39, 0.29) is 5.41 Å². The number of para-hydroxylation sites is 2. The molecule has 12 rings (SSSR count). The van der Waals surface area contributed by atoms with Crippen LogP contribution in [0.1, 0.15) is 23.6 Å². The largest absolute Gasteiger partial charge is 0.456 e. The highest BCUT2D eigenvalue weighted by Crippen LogP contribution is 2.57. The Morgan fingerprint density at radius 1 is 0.387 bits per heavy atom. The molecule has 0 saturated carbocycles. The van der Waals surface area contributed by atoms with E-state index in [4.69, 9.17) is 4.42 Å². The molecule has 0 fully saturated rings. The first kappa shape index (κ1) is 36.0. The summed E-state index contributed by atoms with van der Waals surface area (Å²) < 4.78 is 6.20. The van der Waals surface area contributed by atoms with Crippen LogP contribution in [0.3, 0.4) is 0 Å². The van der Waals surface area contributed by atoms with Crippen LogP contribution in [-0.4, -0.2) is 0 Å². The van der Waals surface area contributed by atoms with Crippen molar-refractivity contribution in [1.82, 2.24) is 0 Å². The Morgan fingerprint density at radius 2 is 0.984 bits per heavy atom. The third kappa shape index (κ3) is 5.57. The van der Waals surface area contributed by atoms with Crippen LogP contribution in [0.5, 0.6) is 0 Å². The van der Waals surface area contributed by atoms with E-state index >= 15 is 0 Å². The molecule has 0 N–H and O–H groups in total. The molecule has 292 valence electrons. The van der Waals surface area contributed by atoms with Crippen LogP contribution in [0.2, 0.25) is 0 Å². The standard InChI is InChI=1S/C60H41NO/c1-60(44-21-6-3-7-22-44)52-28-11-8-25-50(52)59-53(60)29-16-31-55(59)61(45-36-33-40(34-37-45)43-35-38-57-51(39-43)48-24-10-13-32-56(48)62-57)54-30-12-9-23-47(54)49-27-15-20-42-19-14-26-46(58(42)49)41-17-4-2-5-18-41/h2-39H,1H3. The maximum absolute atomic E-state index is 6.20. The number of nitrogens with zero attached hydrogens (tertiary/aromatic N) is 1. The SMILES string of the molecule is CC1(c2ccccc2)c2ccccc2-c2c(N(c3ccc(-c4ccc5oc6ccccc6c5c4)cc3)c3ccccc3-c3cccc4cccc(-c5ccccc5)c34)cccc21. The van der Waals surface area contributed by atoms with Gasteiger partial charge in [0.2, 0.25) is 0 Å². The van der Waals surface area contributed by atoms with Crippen LogP contribution in [0.4, 0.5) is 17.1 Å². The number of hydrogen-bond acceptors (Lipinski definition) is 2. The number of anilines is 3. The highest BCUT2D eigenvalue weighted by Gasteiger charge is 2.42. The summed E-state index contributed by atoms with van der Waals surface area (Å²) in [6, 6.07) is 83.9. The Labute approximate surface area is 361 Å². The molecule has 1 unspecified atom stereocenters. The van der Waals surface area contributed by atoms with Gasteiger partial charge in [-0.25, -0.2) is 0 Å². The number of hydrogen-bond donors (Lipinski definition) is 0. The number of furan rings is 1. The predicted molar refractivity (Wildman–Crippen MR) is 260 cm³/mol. The molecule has 0 aliphatic heterocycles. The zero-order chi connectivity index (χ0) is 41.2. The van der Waals surface area contributed by atoms with Gasteiger partial charge in [0.15, 0.2) is 0 Å². The lowest BCUT2D eigenvalue weighted by atomic mass is 9.74. The first-order chi connectivity index (χ1) is 30.6. The van der Waals surface area contributed by atoms with Crippen LogP contribution in [-0.2, 0) is 5.41 Å². The molecule has 0 bridgehead atoms.